The van der Waals surface area contributed by atoms with Crippen molar-refractivity contribution in [1.29, 1.82) is 0 Å². The van der Waals surface area contributed by atoms with Gasteiger partial charge in [0.1, 0.15) is 0 Å². The fraction of sp³-hybridized carbons (Fsp3) is 0.650. The molecule has 0 bridgehead atoms. The van der Waals surface area contributed by atoms with Gasteiger partial charge in [-0.25, -0.2) is 0 Å². The second kappa shape index (κ2) is 8.13. The number of carbonyl (C=O) groups is 1. The Morgan fingerprint density at radius 2 is 2.25 bits per heavy atom. The molecule has 0 aromatic heterocycles. The molecule has 0 spiro atoms. The molecule has 1 atom stereocenters. The van der Waals surface area contributed by atoms with E-state index in [2.05, 4.69) is 32.0 Å². The number of carbonyl (C=O) groups excluding carboxylic acids is 1. The van der Waals surface area contributed by atoms with Crippen LogP contribution in [0.25, 0.3) is 0 Å². The van der Waals surface area contributed by atoms with Crippen LogP contribution in [-0.4, -0.2) is 38.4 Å². The summed E-state index contributed by atoms with van der Waals surface area (Å²) in [6.07, 6.45) is 4.97. The molecule has 2 aliphatic rings. The van der Waals surface area contributed by atoms with Crippen LogP contribution in [0.2, 0.25) is 0 Å². The van der Waals surface area contributed by atoms with Crippen molar-refractivity contribution in [3.63, 3.8) is 0 Å². The van der Waals surface area contributed by atoms with Crippen molar-refractivity contribution in [3.8, 4) is 0 Å². The molecule has 0 saturated carbocycles. The summed E-state index contributed by atoms with van der Waals surface area (Å²) in [5, 5.41) is 0. The van der Waals surface area contributed by atoms with Crippen LogP contribution in [0.5, 0.6) is 0 Å². The summed E-state index contributed by atoms with van der Waals surface area (Å²) in [5.41, 5.74) is 3.75. The van der Waals surface area contributed by atoms with Gasteiger partial charge in [0.25, 0.3) is 0 Å². The number of benzene rings is 1. The van der Waals surface area contributed by atoms with Crippen LogP contribution in [0.3, 0.4) is 0 Å². The van der Waals surface area contributed by atoms with Crippen LogP contribution in [0, 0.1) is 0 Å². The first-order chi connectivity index (χ1) is 11.6. The predicted molar refractivity (Wildman–Crippen MR) is 95.6 cm³/mol. The molecule has 4 heteroatoms. The van der Waals surface area contributed by atoms with E-state index in [9.17, 15) is 4.79 Å². The number of nitrogens with zero attached hydrogens (tertiary/aromatic N) is 1. The lowest BCUT2D eigenvalue weighted by atomic mass is 9.94. The summed E-state index contributed by atoms with van der Waals surface area (Å²) in [6.45, 7) is 7.17. The Kier molecular flexibility index (Phi) is 5.90. The monoisotopic (exact) mass is 331 g/mol. The molecule has 1 aromatic rings. The van der Waals surface area contributed by atoms with E-state index >= 15 is 0 Å². The van der Waals surface area contributed by atoms with Crippen LogP contribution in [0.1, 0.15) is 56.6 Å². The Hall–Kier alpha value is -1.39. The molecular weight excluding hydrogens is 302 g/mol. The van der Waals surface area contributed by atoms with Gasteiger partial charge in [-0.15, -0.1) is 0 Å². The first-order valence-corrected chi connectivity index (χ1v) is 9.27. The first kappa shape index (κ1) is 17.4. The van der Waals surface area contributed by atoms with Gasteiger partial charge in [-0.05, 0) is 48.8 Å². The first-order valence-electron chi connectivity index (χ1n) is 9.27. The van der Waals surface area contributed by atoms with Crippen LogP contribution in [0.15, 0.2) is 18.2 Å². The Morgan fingerprint density at radius 3 is 3.00 bits per heavy atom. The van der Waals surface area contributed by atoms with Crippen molar-refractivity contribution >= 4 is 11.6 Å². The molecule has 1 fully saturated rings. The van der Waals surface area contributed by atoms with Crippen LogP contribution in [-0.2, 0) is 20.7 Å². The van der Waals surface area contributed by atoms with Gasteiger partial charge in [0, 0.05) is 18.8 Å². The molecule has 1 saturated heterocycles. The quantitative estimate of drug-likeness (QED) is 0.747. The average Bonchev–Trinajstić information content (AvgIpc) is 3.10. The highest BCUT2D eigenvalue weighted by Gasteiger charge is 2.23. The van der Waals surface area contributed by atoms with Crippen molar-refractivity contribution in [1.82, 2.24) is 0 Å². The highest BCUT2D eigenvalue weighted by atomic mass is 16.5. The molecule has 4 nitrogen and oxygen atoms in total. The molecule has 24 heavy (non-hydrogen) atoms. The van der Waals surface area contributed by atoms with Crippen molar-refractivity contribution in [2.75, 3.05) is 31.3 Å². The minimum absolute atomic E-state index is 0.167. The summed E-state index contributed by atoms with van der Waals surface area (Å²) < 4.78 is 11.2. The van der Waals surface area contributed by atoms with Gasteiger partial charge in [-0.2, -0.15) is 0 Å². The minimum Gasteiger partial charge on any atom is -0.378 e. The van der Waals surface area contributed by atoms with E-state index in [1.165, 1.54) is 11.1 Å². The maximum Gasteiger partial charge on any atom is 0.229 e. The van der Waals surface area contributed by atoms with Crippen molar-refractivity contribution in [3.05, 3.63) is 29.3 Å². The zero-order valence-corrected chi connectivity index (χ0v) is 14.9. The third kappa shape index (κ3) is 4.17. The maximum atomic E-state index is 12.6. The van der Waals surface area contributed by atoms with E-state index in [1.54, 1.807) is 0 Å². The summed E-state index contributed by atoms with van der Waals surface area (Å²) >= 11 is 0. The van der Waals surface area contributed by atoms with Gasteiger partial charge < -0.3 is 14.4 Å². The standard InChI is InChI=1S/C20H29NO3/c1-15(2)16-7-8-19-17(13-16)5-3-10-21(19)20(22)9-12-23-14-18-6-4-11-24-18/h7-8,13,15,18H,3-6,9-12,14H2,1-2H3. The summed E-state index contributed by atoms with van der Waals surface area (Å²) in [6, 6.07) is 6.55. The van der Waals surface area contributed by atoms with E-state index in [4.69, 9.17) is 9.47 Å². The topological polar surface area (TPSA) is 38.8 Å². The second-order valence-electron chi connectivity index (χ2n) is 7.15. The highest BCUT2D eigenvalue weighted by Crippen LogP contribution is 2.30. The second-order valence-corrected chi connectivity index (χ2v) is 7.15. The minimum atomic E-state index is 0.167. The van der Waals surface area contributed by atoms with E-state index in [-0.39, 0.29) is 12.0 Å². The molecule has 2 aliphatic heterocycles. The summed E-state index contributed by atoms with van der Waals surface area (Å²) in [7, 11) is 0. The summed E-state index contributed by atoms with van der Waals surface area (Å²) in [5.74, 6) is 0.688. The highest BCUT2D eigenvalue weighted by molar-refractivity contribution is 5.94. The number of amides is 1. The number of hydrogen-bond donors (Lipinski definition) is 0. The molecule has 1 unspecified atom stereocenters. The van der Waals surface area contributed by atoms with Crippen molar-refractivity contribution < 1.29 is 14.3 Å². The van der Waals surface area contributed by atoms with Crippen LogP contribution < -0.4 is 4.90 Å². The fourth-order valence-electron chi connectivity index (χ4n) is 3.52. The van der Waals surface area contributed by atoms with Gasteiger partial charge in [0.15, 0.2) is 0 Å². The lowest BCUT2D eigenvalue weighted by molar-refractivity contribution is -0.120. The third-order valence-electron chi connectivity index (χ3n) is 4.98. The number of fused-ring (bicyclic) bond motifs is 1. The molecule has 2 heterocycles. The van der Waals surface area contributed by atoms with Gasteiger partial charge in [-0.3, -0.25) is 4.79 Å². The number of ether oxygens (including phenoxy) is 2. The van der Waals surface area contributed by atoms with Crippen molar-refractivity contribution in [2.45, 2.75) is 58.0 Å². The Labute approximate surface area is 145 Å². The molecular formula is C20H29NO3. The van der Waals surface area contributed by atoms with Crippen LogP contribution >= 0.6 is 0 Å². The largest absolute Gasteiger partial charge is 0.378 e. The lowest BCUT2D eigenvalue weighted by Gasteiger charge is -2.30. The van der Waals surface area contributed by atoms with E-state index in [1.807, 2.05) is 4.90 Å². The average molecular weight is 331 g/mol. The Morgan fingerprint density at radius 1 is 1.38 bits per heavy atom. The molecule has 0 aliphatic carbocycles. The zero-order chi connectivity index (χ0) is 16.9. The zero-order valence-electron chi connectivity index (χ0n) is 14.9. The predicted octanol–water partition coefficient (Wildman–Crippen LogP) is 3.67. The normalized spacial score (nSPS) is 20.5. The van der Waals surface area contributed by atoms with E-state index in [0.29, 0.717) is 25.6 Å². The Balaban J connectivity index is 1.54. The number of aryl methyl sites for hydroxylation is 1. The molecule has 1 aromatic carbocycles. The SMILES string of the molecule is CC(C)c1ccc2c(c1)CCCN2C(=O)CCOCC1CCCO1. The molecule has 0 radical (unpaired) electrons. The third-order valence-corrected chi connectivity index (χ3v) is 4.98. The molecule has 1 amide bonds. The van der Waals surface area contributed by atoms with E-state index < -0.39 is 0 Å². The van der Waals surface area contributed by atoms with Gasteiger partial charge >= 0.3 is 0 Å². The number of anilines is 1. The Bertz CT molecular complexity index is 564. The smallest absolute Gasteiger partial charge is 0.229 e. The van der Waals surface area contributed by atoms with Crippen LogP contribution in [0.4, 0.5) is 5.69 Å². The molecule has 0 N–H and O–H groups in total. The lowest BCUT2D eigenvalue weighted by Crippen LogP contribution is -2.36. The summed E-state index contributed by atoms with van der Waals surface area (Å²) in [4.78, 5) is 14.5. The van der Waals surface area contributed by atoms with Crippen molar-refractivity contribution in [2.24, 2.45) is 0 Å². The van der Waals surface area contributed by atoms with Gasteiger partial charge in [-0.1, -0.05) is 26.0 Å². The van der Waals surface area contributed by atoms with Gasteiger partial charge in [0.2, 0.25) is 5.91 Å². The molecule has 132 valence electrons. The maximum absolute atomic E-state index is 12.6. The van der Waals surface area contributed by atoms with Gasteiger partial charge in [0.05, 0.1) is 25.7 Å². The van der Waals surface area contributed by atoms with E-state index in [0.717, 1.165) is 44.5 Å². The number of rotatable bonds is 6. The molecule has 3 rings (SSSR count). The number of hydrogen-bond acceptors (Lipinski definition) is 3. The fourth-order valence-corrected chi connectivity index (χ4v) is 3.52.